The molecule has 55 nitrogen and oxygen atoms in total. The third kappa shape index (κ3) is 44.0. The molecule has 142 heavy (non-hydrogen) atoms. The number of aliphatic hydroxyl groups excluding tert-OH is 3. The first-order valence-corrected chi connectivity index (χ1v) is 48.2. The number of likely N-dealkylation sites (tertiary alicyclic amines) is 1. The summed E-state index contributed by atoms with van der Waals surface area (Å²) < 4.78 is 0. The smallest absolute Gasteiger partial charge is 0.326 e. The number of H-pyrrole nitrogens is 1. The van der Waals surface area contributed by atoms with Crippen molar-refractivity contribution in [2.75, 3.05) is 68.7 Å². The van der Waals surface area contributed by atoms with Crippen LogP contribution in [0.25, 0.3) is 0 Å². The molecule has 1 aromatic carbocycles. The normalized spacial score (nSPS) is 15.8. The number of aliphatic carboxylic acids is 3. The molecule has 2 aromatic rings. The van der Waals surface area contributed by atoms with Gasteiger partial charge in [-0.25, -0.2) is 9.78 Å². The lowest BCUT2D eigenvalue weighted by Crippen LogP contribution is -2.62. The Balaban J connectivity index is 1.83. The monoisotopic (exact) mass is 2080 g/mol. The van der Waals surface area contributed by atoms with Gasteiger partial charge in [0.2, 0.25) is 106 Å². The summed E-state index contributed by atoms with van der Waals surface area (Å²) in [5.74, 6) is -28.1. The Hall–Kier alpha value is -13.1. The predicted octanol–water partition coefficient (Wildman–Crippen LogP) is -11.6. The van der Waals surface area contributed by atoms with E-state index >= 15 is 0 Å². The fourth-order valence-corrected chi connectivity index (χ4v) is 15.0. The average Bonchev–Trinajstić information content (AvgIpc) is 1.67. The van der Waals surface area contributed by atoms with Crippen LogP contribution in [0.4, 0.5) is 0 Å². The molecule has 59 heteroatoms. The molecule has 0 radical (unpaired) electrons. The highest BCUT2D eigenvalue weighted by molar-refractivity contribution is 7.98. The van der Waals surface area contributed by atoms with Crippen molar-refractivity contribution in [1.29, 1.82) is 10.8 Å². The van der Waals surface area contributed by atoms with Crippen LogP contribution in [0.5, 0.6) is 5.75 Å². The summed E-state index contributed by atoms with van der Waals surface area (Å²) in [6, 6.07) is -24.5. The topological polar surface area (TPSA) is 900 Å². The number of nitrogens with one attached hydrogen (secondary N) is 21. The predicted molar refractivity (Wildman–Crippen MR) is 517 cm³/mol. The number of phenols is 1. The van der Waals surface area contributed by atoms with Gasteiger partial charge in [-0.3, -0.25) is 107 Å². The third-order valence-electron chi connectivity index (χ3n) is 21.5. The molecular formula is C83H133N27O28S4. The molecule has 792 valence electrons. The van der Waals surface area contributed by atoms with E-state index in [1.54, 1.807) is 6.26 Å². The van der Waals surface area contributed by atoms with Crippen LogP contribution in [0.3, 0.4) is 0 Å². The Labute approximate surface area is 836 Å². The molecule has 36 N–H and O–H groups in total. The summed E-state index contributed by atoms with van der Waals surface area (Å²) in [4.78, 5) is 295. The number of hydrogen-bond donors (Lipinski definition) is 35. The van der Waals surface area contributed by atoms with Gasteiger partial charge in [0.05, 0.1) is 38.6 Å². The molecule has 0 saturated carbocycles. The highest BCUT2D eigenvalue weighted by Gasteiger charge is 2.43. The molecule has 0 bridgehead atoms. The van der Waals surface area contributed by atoms with Gasteiger partial charge in [0, 0.05) is 74.5 Å². The Morgan fingerprint density at radius 3 is 1.33 bits per heavy atom. The number of nitrogens with zero attached hydrogens (tertiary/aromatic N) is 2. The van der Waals surface area contributed by atoms with Crippen LogP contribution in [-0.4, -0.2) is 364 Å². The van der Waals surface area contributed by atoms with Crippen molar-refractivity contribution in [2.24, 2.45) is 34.8 Å². The summed E-state index contributed by atoms with van der Waals surface area (Å²) in [5.41, 5.74) is 22.8. The first kappa shape index (κ1) is 123. The number of aromatic nitrogens is 2. The number of carboxylic acids is 3. The second-order valence-electron chi connectivity index (χ2n) is 33.6. The zero-order chi connectivity index (χ0) is 107. The number of aromatic hydroxyl groups is 1. The zero-order valence-electron chi connectivity index (χ0n) is 78.8. The molecular weight excluding hydrogens is 1950 g/mol. The molecule has 0 aliphatic carbocycles. The van der Waals surface area contributed by atoms with Gasteiger partial charge in [0.15, 0.2) is 11.9 Å². The number of nitrogens with two attached hydrogens (primary N) is 4. The van der Waals surface area contributed by atoms with Crippen LogP contribution in [0.1, 0.15) is 129 Å². The van der Waals surface area contributed by atoms with Gasteiger partial charge in [-0.1, -0.05) is 39.8 Å². The van der Waals surface area contributed by atoms with Crippen LogP contribution in [0, 0.1) is 22.7 Å². The van der Waals surface area contributed by atoms with E-state index in [2.05, 4.69) is 144 Å². The molecule has 2 heterocycles. The number of carbonyl (C=O) groups excluding carboxylic acids is 18. The lowest BCUT2D eigenvalue weighted by Gasteiger charge is -2.30. The van der Waals surface area contributed by atoms with Crippen molar-refractivity contribution in [1.82, 2.24) is 111 Å². The molecule has 3 rings (SSSR count). The number of benzene rings is 1. The lowest BCUT2D eigenvalue weighted by atomic mass is 10.0. The van der Waals surface area contributed by atoms with Gasteiger partial charge in [-0.2, -0.15) is 49.6 Å². The van der Waals surface area contributed by atoms with Crippen molar-refractivity contribution in [3.8, 4) is 5.75 Å². The Morgan fingerprint density at radius 1 is 0.472 bits per heavy atom. The van der Waals surface area contributed by atoms with Crippen molar-refractivity contribution in [3.05, 3.63) is 48.0 Å². The minimum atomic E-state index is -2.20. The van der Waals surface area contributed by atoms with Gasteiger partial charge in [0.1, 0.15) is 108 Å². The fraction of sp³-hybridized carbons (Fsp3) is 0.614. The number of thioether (sulfide) groups is 1. The van der Waals surface area contributed by atoms with E-state index in [1.165, 1.54) is 50.6 Å². The largest absolute Gasteiger partial charge is 0.508 e. The van der Waals surface area contributed by atoms with E-state index in [9.17, 15) is 136 Å². The van der Waals surface area contributed by atoms with Crippen LogP contribution < -0.4 is 119 Å². The minimum Gasteiger partial charge on any atom is -0.508 e. The standard InChI is InChI=1S/C83H133N27O28S4/c1-38(2)26-44(84)65(121)105-55(33-113)80(136)110-24-9-12-59(110)78(134)107-57(35-140)77(133)104-53(31-111)73(129)103-54(32-112)74(130)109-63(39(3)4)79(135)108-58(36-141)76(132)98-48(21-25-142-6)69(125)96-46(17-19-60(85)115)67(123)97-47(18-20-61(116)117)68(124)102-52(29-62(118)119)72(128)106-56(34-139)75(131)94-40(5)64(120)100-51(28-42-30-90-37-93-42)71(127)95-45(10-7-22-91-82(86)87)66(122)101-50(27-41-13-15-43(114)16-14-41)70(126)99-49(81(137)138)11-8-23-92-83(88)89/h13-16,30,37-40,44-59,63,111-114,139-141H,7-12,17-29,31-36,84H2,1-6H3,(H2,85,115)(H,90,93)(H,94,131)(H,95,127)(H,96,125)(H,97,123)(H,98,132)(H,99,126)(H,100,120)(H,101,122)(H,102,124)(H,103,129)(H,104,133)(H,105,121)(H,106,128)(H,107,134)(H,108,135)(H,109,130)(H,116,117)(H,118,119)(H,137,138)(H4,86,87,91)(H4,88,89,92)/t40-,44-,45-,46-,47-,48-,49-,50-,51-,52-,53-,54-,55-,56-,57-,58-,59-,63-/m0/s1. The SMILES string of the molecule is CSCC[C@H](NC(=O)[C@H](CS)NC(=O)[C@@H](NC(=O)[C@H](CO)NC(=O)[C@H](CO)NC(=O)[C@H](CS)NC(=O)[C@@H]1CCCN1C(=O)[C@H](CO)NC(=O)[C@@H](N)CC(C)C)C(C)C)C(=O)N[C@@H](CCC(N)=O)C(=O)N[C@@H](CCC(=O)O)C(=O)N[C@@H](CC(=O)O)C(=O)N[C@@H](CS)C(=O)N[C@@H](C)C(=O)N[C@@H](Cc1cnc[nH]1)C(=O)N[C@@H](CCCNC(=N)N)C(=O)N[C@@H](Cc1ccc(O)cc1)C(=O)N[C@@H](CCCNC(=N)N)C(=O)O. The number of carboxylic acid groups (broad SMARTS) is 3. The number of thiol groups is 3. The quantitative estimate of drug-likeness (QED) is 0.0127. The van der Waals surface area contributed by atoms with E-state index < -0.39 is 326 Å². The number of aromatic amines is 1. The molecule has 18 amide bonds. The molecule has 1 aliphatic rings. The zero-order valence-corrected chi connectivity index (χ0v) is 82.3. The first-order valence-electron chi connectivity index (χ1n) is 44.9. The van der Waals surface area contributed by atoms with E-state index in [4.69, 9.17) is 33.8 Å². The second kappa shape index (κ2) is 63.6. The fourth-order valence-electron chi connectivity index (χ4n) is 13.7. The highest BCUT2D eigenvalue weighted by Crippen LogP contribution is 2.21. The number of phenolic OH excluding ortho intramolecular Hbond substituents is 1. The molecule has 1 aromatic heterocycles. The average molecular weight is 2090 g/mol. The third-order valence-corrected chi connectivity index (χ3v) is 23.2. The maximum Gasteiger partial charge on any atom is 0.326 e. The number of amides is 18. The number of imidazole rings is 1. The van der Waals surface area contributed by atoms with Crippen LogP contribution in [0.15, 0.2) is 36.8 Å². The van der Waals surface area contributed by atoms with Gasteiger partial charge in [-0.15, -0.1) is 0 Å². The summed E-state index contributed by atoms with van der Waals surface area (Å²) in [7, 11) is 0. The van der Waals surface area contributed by atoms with Crippen molar-refractivity contribution >= 4 is 186 Å². The molecule has 18 atom stereocenters. The van der Waals surface area contributed by atoms with Crippen molar-refractivity contribution in [2.45, 2.75) is 240 Å². The number of hydrogen-bond acceptors (Lipinski definition) is 33. The number of rotatable bonds is 66. The van der Waals surface area contributed by atoms with Gasteiger partial charge < -0.3 is 164 Å². The maximum atomic E-state index is 14.6. The first-order chi connectivity index (χ1) is 67.0. The number of guanidine groups is 2. The lowest BCUT2D eigenvalue weighted by molar-refractivity contribution is -0.143. The Bertz CT molecular complexity index is 4670. The number of aliphatic hydroxyl groups is 3. The Kier molecular flexibility index (Phi) is 55.1. The minimum absolute atomic E-state index is 0.00269. The molecule has 1 fully saturated rings. The van der Waals surface area contributed by atoms with Crippen LogP contribution in [0.2, 0.25) is 0 Å². The molecule has 0 spiro atoms. The van der Waals surface area contributed by atoms with Crippen LogP contribution in [-0.2, 0) is 114 Å². The molecule has 1 saturated heterocycles. The summed E-state index contributed by atoms with van der Waals surface area (Å²) in [5, 5.41) is 128. The van der Waals surface area contributed by atoms with Crippen molar-refractivity contribution < 1.29 is 136 Å². The number of carbonyl (C=O) groups is 21. The van der Waals surface area contributed by atoms with Crippen LogP contribution >= 0.6 is 49.6 Å². The molecule has 0 unspecified atom stereocenters. The van der Waals surface area contributed by atoms with Gasteiger partial charge in [0.25, 0.3) is 0 Å². The van der Waals surface area contributed by atoms with E-state index in [0.717, 1.165) is 23.6 Å². The van der Waals surface area contributed by atoms with Gasteiger partial charge in [-0.05, 0) is 113 Å². The highest BCUT2D eigenvalue weighted by atomic mass is 32.2. The van der Waals surface area contributed by atoms with Crippen molar-refractivity contribution in [3.63, 3.8) is 0 Å². The second-order valence-corrected chi connectivity index (χ2v) is 35.7. The number of primary amides is 1. The van der Waals surface area contributed by atoms with E-state index in [-0.39, 0.29) is 94.1 Å². The summed E-state index contributed by atoms with van der Waals surface area (Å²) in [6.45, 7) is 4.55. The maximum absolute atomic E-state index is 14.6. The van der Waals surface area contributed by atoms with E-state index in [1.807, 2.05) is 13.8 Å². The summed E-state index contributed by atoms with van der Waals surface area (Å²) >= 11 is 13.7. The summed E-state index contributed by atoms with van der Waals surface area (Å²) in [6.07, 6.45) is -0.851. The van der Waals surface area contributed by atoms with Gasteiger partial charge >= 0.3 is 17.9 Å². The molecule has 1 aliphatic heterocycles. The van der Waals surface area contributed by atoms with E-state index in [0.29, 0.717) is 12.0 Å². The Morgan fingerprint density at radius 2 is 0.873 bits per heavy atom.